The minimum absolute atomic E-state index is 0.0255. The maximum atomic E-state index is 14.1. The Kier molecular flexibility index (Phi) is 7.59. The number of amidine groups is 1. The molecule has 1 heterocycles. The molecule has 3 aromatic rings. The second-order valence-corrected chi connectivity index (χ2v) is 8.81. The van der Waals surface area contributed by atoms with Crippen LogP contribution >= 0.6 is 11.8 Å². The Bertz CT molecular complexity index is 1190. The number of carbonyl (C=O) groups excluding carboxylic acids is 2. The number of aliphatic imine (C=N–C) groups is 1. The summed E-state index contributed by atoms with van der Waals surface area (Å²) in [5, 5.41) is 2.64. The van der Waals surface area contributed by atoms with Crippen LogP contribution in [-0.4, -0.2) is 40.8 Å². The molecule has 0 saturated carbocycles. The summed E-state index contributed by atoms with van der Waals surface area (Å²) in [5.74, 6) is -0.126. The van der Waals surface area contributed by atoms with Crippen LogP contribution < -0.4 is 10.1 Å². The van der Waals surface area contributed by atoms with Crippen LogP contribution in [0.5, 0.6) is 5.75 Å². The average molecular weight is 478 g/mol. The van der Waals surface area contributed by atoms with Gasteiger partial charge in [-0.15, -0.1) is 0 Å². The fourth-order valence-electron chi connectivity index (χ4n) is 3.50. The van der Waals surface area contributed by atoms with Crippen LogP contribution in [-0.2, 0) is 16.0 Å². The highest BCUT2D eigenvalue weighted by Crippen LogP contribution is 2.30. The van der Waals surface area contributed by atoms with Crippen molar-refractivity contribution in [2.45, 2.75) is 18.1 Å². The number of hydrogen-bond donors (Lipinski definition) is 1. The lowest BCUT2D eigenvalue weighted by Crippen LogP contribution is -2.46. The second-order valence-electron chi connectivity index (χ2n) is 7.65. The Balaban J connectivity index is 1.53. The highest BCUT2D eigenvalue weighted by Gasteiger charge is 2.35. The number of methoxy groups -OCH3 is 1. The number of anilines is 1. The Morgan fingerprint density at radius 1 is 1.09 bits per heavy atom. The minimum Gasteiger partial charge on any atom is -0.497 e. The van der Waals surface area contributed by atoms with Crippen LogP contribution in [0, 0.1) is 5.82 Å². The summed E-state index contributed by atoms with van der Waals surface area (Å²) >= 11 is 1.24. The Labute approximate surface area is 201 Å². The number of nitrogens with zero attached hydrogens (tertiary/aromatic N) is 2. The summed E-state index contributed by atoms with van der Waals surface area (Å²) in [7, 11) is 1.57. The largest absolute Gasteiger partial charge is 0.497 e. The number of ether oxygens (including phenoxy) is 1. The van der Waals surface area contributed by atoms with E-state index in [1.54, 1.807) is 54.5 Å². The maximum absolute atomic E-state index is 14.1. The van der Waals surface area contributed by atoms with E-state index in [2.05, 4.69) is 10.3 Å². The predicted octanol–water partition coefficient (Wildman–Crippen LogP) is 5.04. The molecule has 1 unspecified atom stereocenters. The average Bonchev–Trinajstić information content (AvgIpc) is 2.85. The third kappa shape index (κ3) is 5.82. The van der Waals surface area contributed by atoms with Crippen molar-refractivity contribution in [1.29, 1.82) is 0 Å². The number of nitrogens with one attached hydrogen (secondary N) is 1. The number of hydrogen-bond acceptors (Lipinski definition) is 5. The van der Waals surface area contributed by atoms with Crippen LogP contribution in [0.15, 0.2) is 83.9 Å². The molecule has 1 aliphatic rings. The zero-order valence-corrected chi connectivity index (χ0v) is 19.4. The van der Waals surface area contributed by atoms with Crippen LogP contribution in [0.2, 0.25) is 0 Å². The number of thioether (sulfide) groups is 1. The molecule has 0 aromatic heterocycles. The quantitative estimate of drug-likeness (QED) is 0.518. The van der Waals surface area contributed by atoms with Crippen LogP contribution in [0.25, 0.3) is 0 Å². The van der Waals surface area contributed by atoms with E-state index in [-0.39, 0.29) is 30.6 Å². The fourth-order valence-corrected chi connectivity index (χ4v) is 4.63. The minimum atomic E-state index is -0.637. The van der Waals surface area contributed by atoms with Gasteiger partial charge in [-0.05, 0) is 54.4 Å². The molecule has 0 spiro atoms. The zero-order valence-electron chi connectivity index (χ0n) is 18.6. The lowest BCUT2D eigenvalue weighted by atomic mass is 10.1. The highest BCUT2D eigenvalue weighted by atomic mass is 32.2. The first-order valence-corrected chi connectivity index (χ1v) is 11.7. The molecule has 1 aliphatic heterocycles. The van der Waals surface area contributed by atoms with Crippen LogP contribution in [0.3, 0.4) is 0 Å². The molecular formula is C26H24FN3O3S. The van der Waals surface area contributed by atoms with Gasteiger partial charge in [0, 0.05) is 18.7 Å². The fraction of sp³-hybridized carbons (Fsp3) is 0.192. The number of rotatable bonds is 7. The van der Waals surface area contributed by atoms with E-state index >= 15 is 0 Å². The molecule has 3 aromatic carbocycles. The van der Waals surface area contributed by atoms with Crippen molar-refractivity contribution in [2.75, 3.05) is 19.0 Å². The highest BCUT2D eigenvalue weighted by molar-refractivity contribution is 8.15. The van der Waals surface area contributed by atoms with Gasteiger partial charge in [0.05, 0.1) is 12.8 Å². The SMILES string of the molecule is COc1ccc(NC(=O)C2CC(=O)N(CCc3ccccc3F)C(=Nc3ccccc3)S2)cc1. The molecular weight excluding hydrogens is 453 g/mol. The maximum Gasteiger partial charge on any atom is 0.238 e. The van der Waals surface area contributed by atoms with E-state index in [0.717, 1.165) is 0 Å². The van der Waals surface area contributed by atoms with Gasteiger partial charge in [-0.2, -0.15) is 0 Å². The molecule has 0 bridgehead atoms. The molecule has 4 rings (SSSR count). The molecule has 174 valence electrons. The van der Waals surface area contributed by atoms with Gasteiger partial charge < -0.3 is 10.1 Å². The Morgan fingerprint density at radius 3 is 2.50 bits per heavy atom. The summed E-state index contributed by atoms with van der Waals surface area (Å²) in [5.41, 5.74) is 1.81. The number of amides is 2. The van der Waals surface area contributed by atoms with Gasteiger partial charge in [-0.3, -0.25) is 14.5 Å². The van der Waals surface area contributed by atoms with Crippen molar-refractivity contribution in [3.63, 3.8) is 0 Å². The van der Waals surface area contributed by atoms with E-state index in [0.29, 0.717) is 34.3 Å². The van der Waals surface area contributed by atoms with E-state index in [9.17, 15) is 14.0 Å². The topological polar surface area (TPSA) is 71.0 Å². The van der Waals surface area contributed by atoms with Gasteiger partial charge in [0.25, 0.3) is 0 Å². The number of para-hydroxylation sites is 1. The summed E-state index contributed by atoms with van der Waals surface area (Å²) in [6.07, 6.45) is 0.368. The molecule has 0 radical (unpaired) electrons. The van der Waals surface area contributed by atoms with Gasteiger partial charge in [0.15, 0.2) is 5.17 Å². The van der Waals surface area contributed by atoms with E-state index in [1.807, 2.05) is 30.3 Å². The summed E-state index contributed by atoms with van der Waals surface area (Å²) < 4.78 is 19.3. The standard InChI is InChI=1S/C26H24FN3O3S/c1-33-21-13-11-20(12-14-21)28-25(32)23-17-24(31)30(16-15-18-7-5-6-10-22(18)27)26(34-23)29-19-8-3-2-4-9-19/h2-14,23H,15-17H2,1H3,(H,28,32). The van der Waals surface area contributed by atoms with Crippen molar-refractivity contribution in [3.8, 4) is 5.75 Å². The molecule has 1 atom stereocenters. The first-order valence-electron chi connectivity index (χ1n) is 10.8. The molecule has 34 heavy (non-hydrogen) atoms. The van der Waals surface area contributed by atoms with E-state index < -0.39 is 5.25 Å². The van der Waals surface area contributed by atoms with Crippen molar-refractivity contribution in [3.05, 3.63) is 90.2 Å². The van der Waals surface area contributed by atoms with Crippen molar-refractivity contribution >= 4 is 40.1 Å². The third-order valence-corrected chi connectivity index (χ3v) is 6.52. The van der Waals surface area contributed by atoms with Gasteiger partial charge in [-0.25, -0.2) is 9.38 Å². The summed E-state index contributed by atoms with van der Waals surface area (Å²) in [6, 6.07) is 22.7. The zero-order chi connectivity index (χ0) is 23.9. The van der Waals surface area contributed by atoms with Crippen LogP contribution in [0.4, 0.5) is 15.8 Å². The van der Waals surface area contributed by atoms with Gasteiger partial charge in [0.2, 0.25) is 11.8 Å². The molecule has 0 aliphatic carbocycles. The van der Waals surface area contributed by atoms with E-state index in [4.69, 9.17) is 4.74 Å². The molecule has 1 N–H and O–H groups in total. The van der Waals surface area contributed by atoms with E-state index in [1.165, 1.54) is 17.8 Å². The number of benzene rings is 3. The Morgan fingerprint density at radius 2 is 1.79 bits per heavy atom. The van der Waals surface area contributed by atoms with Crippen molar-refractivity contribution in [1.82, 2.24) is 4.90 Å². The molecule has 2 amide bonds. The van der Waals surface area contributed by atoms with Gasteiger partial charge in [0.1, 0.15) is 16.8 Å². The number of carbonyl (C=O) groups is 2. The van der Waals surface area contributed by atoms with Gasteiger partial charge >= 0.3 is 0 Å². The molecule has 8 heteroatoms. The monoisotopic (exact) mass is 477 g/mol. The lowest BCUT2D eigenvalue weighted by molar-refractivity contribution is -0.129. The normalized spacial score (nSPS) is 17.0. The third-order valence-electron chi connectivity index (χ3n) is 5.33. The molecule has 1 fully saturated rings. The summed E-state index contributed by atoms with van der Waals surface area (Å²) in [4.78, 5) is 32.2. The Hall–Kier alpha value is -3.65. The second kappa shape index (κ2) is 11.0. The summed E-state index contributed by atoms with van der Waals surface area (Å²) in [6.45, 7) is 0.269. The van der Waals surface area contributed by atoms with Gasteiger partial charge in [-0.1, -0.05) is 48.2 Å². The van der Waals surface area contributed by atoms with Crippen LogP contribution in [0.1, 0.15) is 12.0 Å². The first kappa shape index (κ1) is 23.5. The van der Waals surface area contributed by atoms with Crippen molar-refractivity contribution < 1.29 is 18.7 Å². The predicted molar refractivity (Wildman–Crippen MR) is 133 cm³/mol. The lowest BCUT2D eigenvalue weighted by Gasteiger charge is -2.32. The number of halogens is 1. The molecule has 1 saturated heterocycles. The molecule has 6 nitrogen and oxygen atoms in total. The van der Waals surface area contributed by atoms with Crippen molar-refractivity contribution in [2.24, 2.45) is 4.99 Å². The first-order chi connectivity index (χ1) is 16.5. The smallest absolute Gasteiger partial charge is 0.238 e.